The lowest BCUT2D eigenvalue weighted by Gasteiger charge is -2.28. The SMILES string of the molecule is C=CCCC(CCC)[C@@H](N)C1(C)CC1. The number of hydrogen-bond acceptors (Lipinski definition) is 1. The molecule has 0 radical (unpaired) electrons. The van der Waals surface area contributed by atoms with E-state index in [0.29, 0.717) is 17.4 Å². The predicted octanol–water partition coefficient (Wildman–Crippen LogP) is 3.50. The van der Waals surface area contributed by atoms with Crippen molar-refractivity contribution < 1.29 is 0 Å². The Morgan fingerprint density at radius 3 is 2.50 bits per heavy atom. The lowest BCUT2D eigenvalue weighted by atomic mass is 9.82. The molecule has 1 aliphatic carbocycles. The second-order valence-electron chi connectivity index (χ2n) is 5.09. The normalized spacial score (nSPS) is 22.8. The first kappa shape index (κ1) is 11.8. The van der Waals surface area contributed by atoms with E-state index in [-0.39, 0.29) is 0 Å². The van der Waals surface area contributed by atoms with Crippen LogP contribution in [0.5, 0.6) is 0 Å². The minimum Gasteiger partial charge on any atom is -0.327 e. The topological polar surface area (TPSA) is 26.0 Å². The molecule has 82 valence electrons. The van der Waals surface area contributed by atoms with E-state index in [1.165, 1.54) is 32.1 Å². The summed E-state index contributed by atoms with van der Waals surface area (Å²) in [5.74, 6) is 0.713. The van der Waals surface area contributed by atoms with Gasteiger partial charge in [-0.15, -0.1) is 6.58 Å². The van der Waals surface area contributed by atoms with Gasteiger partial charge >= 0.3 is 0 Å². The molecule has 1 aliphatic rings. The average Bonchev–Trinajstić information content (AvgIpc) is 2.91. The van der Waals surface area contributed by atoms with Crippen molar-refractivity contribution in [3.8, 4) is 0 Å². The summed E-state index contributed by atoms with van der Waals surface area (Å²) >= 11 is 0. The third-order valence-corrected chi connectivity index (χ3v) is 3.75. The summed E-state index contributed by atoms with van der Waals surface area (Å²) in [6.07, 6.45) is 9.58. The fourth-order valence-electron chi connectivity index (χ4n) is 2.31. The van der Waals surface area contributed by atoms with Gasteiger partial charge in [0.15, 0.2) is 0 Å². The minimum absolute atomic E-state index is 0.419. The lowest BCUT2D eigenvalue weighted by molar-refractivity contribution is 0.277. The summed E-state index contributed by atoms with van der Waals surface area (Å²) < 4.78 is 0. The quantitative estimate of drug-likeness (QED) is 0.618. The Labute approximate surface area is 88.8 Å². The van der Waals surface area contributed by atoms with Gasteiger partial charge < -0.3 is 5.73 Å². The maximum atomic E-state index is 6.35. The maximum absolute atomic E-state index is 6.35. The highest BCUT2D eigenvalue weighted by molar-refractivity contribution is 5.00. The molecular weight excluding hydrogens is 170 g/mol. The van der Waals surface area contributed by atoms with Crippen LogP contribution in [-0.2, 0) is 0 Å². The fraction of sp³-hybridized carbons (Fsp3) is 0.846. The van der Waals surface area contributed by atoms with Gasteiger partial charge in [-0.25, -0.2) is 0 Å². The van der Waals surface area contributed by atoms with E-state index < -0.39 is 0 Å². The highest BCUT2D eigenvalue weighted by Gasteiger charge is 2.45. The molecule has 2 N–H and O–H groups in total. The van der Waals surface area contributed by atoms with Gasteiger partial charge in [-0.05, 0) is 43.4 Å². The van der Waals surface area contributed by atoms with Crippen LogP contribution >= 0.6 is 0 Å². The van der Waals surface area contributed by atoms with Crippen molar-refractivity contribution in [2.75, 3.05) is 0 Å². The van der Waals surface area contributed by atoms with Gasteiger partial charge in [-0.1, -0.05) is 26.3 Å². The minimum atomic E-state index is 0.419. The van der Waals surface area contributed by atoms with E-state index in [2.05, 4.69) is 20.4 Å². The van der Waals surface area contributed by atoms with Crippen molar-refractivity contribution in [1.29, 1.82) is 0 Å². The van der Waals surface area contributed by atoms with E-state index in [9.17, 15) is 0 Å². The molecule has 1 nitrogen and oxygen atoms in total. The van der Waals surface area contributed by atoms with E-state index in [4.69, 9.17) is 5.73 Å². The molecule has 0 saturated heterocycles. The van der Waals surface area contributed by atoms with Crippen LogP contribution in [0.3, 0.4) is 0 Å². The Kier molecular flexibility index (Phi) is 4.18. The molecule has 0 amide bonds. The first-order chi connectivity index (χ1) is 6.64. The highest BCUT2D eigenvalue weighted by Crippen LogP contribution is 2.50. The number of nitrogens with two attached hydrogens (primary N) is 1. The third kappa shape index (κ3) is 2.84. The molecule has 1 heteroatoms. The maximum Gasteiger partial charge on any atom is 0.0121 e. The van der Waals surface area contributed by atoms with Crippen molar-refractivity contribution in [3.63, 3.8) is 0 Å². The molecule has 1 unspecified atom stereocenters. The van der Waals surface area contributed by atoms with E-state index in [0.717, 1.165) is 6.42 Å². The summed E-state index contributed by atoms with van der Waals surface area (Å²) in [6, 6.07) is 0.419. The second-order valence-corrected chi connectivity index (χ2v) is 5.09. The molecule has 0 aliphatic heterocycles. The molecule has 0 aromatic heterocycles. The Hall–Kier alpha value is -0.300. The summed E-state index contributed by atoms with van der Waals surface area (Å²) in [5, 5.41) is 0. The monoisotopic (exact) mass is 195 g/mol. The molecule has 2 atom stereocenters. The standard InChI is InChI=1S/C13H25N/c1-4-6-8-11(7-5-2)12(14)13(3)9-10-13/h4,11-12H,1,5-10,14H2,2-3H3/t11?,12-/m1/s1. The van der Waals surface area contributed by atoms with Crippen LogP contribution in [0, 0.1) is 11.3 Å². The first-order valence-corrected chi connectivity index (χ1v) is 6.00. The molecule has 1 fully saturated rings. The molecule has 14 heavy (non-hydrogen) atoms. The average molecular weight is 195 g/mol. The van der Waals surface area contributed by atoms with Crippen molar-refractivity contribution in [2.24, 2.45) is 17.1 Å². The van der Waals surface area contributed by atoms with Crippen LogP contribution in [0.15, 0.2) is 12.7 Å². The first-order valence-electron chi connectivity index (χ1n) is 6.00. The lowest BCUT2D eigenvalue weighted by Crippen LogP contribution is -2.37. The fourth-order valence-corrected chi connectivity index (χ4v) is 2.31. The molecule has 0 spiro atoms. The molecule has 0 bridgehead atoms. The Bertz CT molecular complexity index is 182. The largest absolute Gasteiger partial charge is 0.327 e. The summed E-state index contributed by atoms with van der Waals surface area (Å²) in [6.45, 7) is 8.38. The number of hydrogen-bond donors (Lipinski definition) is 1. The van der Waals surface area contributed by atoms with Gasteiger partial charge in [0.2, 0.25) is 0 Å². The third-order valence-electron chi connectivity index (χ3n) is 3.75. The van der Waals surface area contributed by atoms with Crippen molar-refractivity contribution >= 4 is 0 Å². The zero-order chi connectivity index (χ0) is 10.6. The summed E-state index contributed by atoms with van der Waals surface area (Å²) in [4.78, 5) is 0. The van der Waals surface area contributed by atoms with Crippen LogP contribution in [-0.4, -0.2) is 6.04 Å². The Morgan fingerprint density at radius 2 is 2.07 bits per heavy atom. The van der Waals surface area contributed by atoms with Crippen LogP contribution in [0.2, 0.25) is 0 Å². The van der Waals surface area contributed by atoms with Crippen molar-refractivity contribution in [1.82, 2.24) is 0 Å². The van der Waals surface area contributed by atoms with Gasteiger partial charge in [0.1, 0.15) is 0 Å². The second kappa shape index (κ2) is 4.97. The number of rotatable bonds is 7. The van der Waals surface area contributed by atoms with Gasteiger partial charge in [0, 0.05) is 6.04 Å². The zero-order valence-corrected chi connectivity index (χ0v) is 9.76. The van der Waals surface area contributed by atoms with E-state index in [1.54, 1.807) is 0 Å². The van der Waals surface area contributed by atoms with Crippen LogP contribution in [0.4, 0.5) is 0 Å². The summed E-state index contributed by atoms with van der Waals surface area (Å²) in [7, 11) is 0. The summed E-state index contributed by atoms with van der Waals surface area (Å²) in [5.41, 5.74) is 6.82. The van der Waals surface area contributed by atoms with Gasteiger partial charge in [0.25, 0.3) is 0 Å². The van der Waals surface area contributed by atoms with Gasteiger partial charge in [0.05, 0.1) is 0 Å². The predicted molar refractivity (Wildman–Crippen MR) is 63.1 cm³/mol. The molecule has 1 rings (SSSR count). The molecule has 1 saturated carbocycles. The van der Waals surface area contributed by atoms with Crippen molar-refractivity contribution in [3.05, 3.63) is 12.7 Å². The molecule has 0 aromatic rings. The van der Waals surface area contributed by atoms with Crippen LogP contribution < -0.4 is 5.73 Å². The van der Waals surface area contributed by atoms with Crippen LogP contribution in [0.25, 0.3) is 0 Å². The van der Waals surface area contributed by atoms with Crippen molar-refractivity contribution in [2.45, 2.75) is 58.4 Å². The van der Waals surface area contributed by atoms with E-state index >= 15 is 0 Å². The van der Waals surface area contributed by atoms with Gasteiger partial charge in [-0.3, -0.25) is 0 Å². The van der Waals surface area contributed by atoms with E-state index in [1.807, 2.05) is 6.08 Å². The molecular formula is C13H25N. The zero-order valence-electron chi connectivity index (χ0n) is 9.76. The smallest absolute Gasteiger partial charge is 0.0121 e. The Morgan fingerprint density at radius 1 is 1.43 bits per heavy atom. The number of allylic oxidation sites excluding steroid dienone is 1. The Balaban J connectivity index is 2.43. The molecule has 0 heterocycles. The van der Waals surface area contributed by atoms with Gasteiger partial charge in [-0.2, -0.15) is 0 Å². The molecule has 0 aromatic carbocycles. The van der Waals surface area contributed by atoms with Crippen LogP contribution in [0.1, 0.15) is 52.4 Å². The highest BCUT2D eigenvalue weighted by atomic mass is 14.7.